The van der Waals surface area contributed by atoms with Crippen LogP contribution in [0.4, 0.5) is 0 Å². The van der Waals surface area contributed by atoms with Crippen LogP contribution in [0, 0.1) is 5.92 Å². The highest BCUT2D eigenvalue weighted by Crippen LogP contribution is 2.21. The lowest BCUT2D eigenvalue weighted by molar-refractivity contribution is -0.148. The lowest BCUT2D eigenvalue weighted by atomic mass is 10.0. The van der Waals surface area contributed by atoms with Crippen molar-refractivity contribution in [1.82, 2.24) is 10.2 Å². The van der Waals surface area contributed by atoms with Gasteiger partial charge >= 0.3 is 5.97 Å². The van der Waals surface area contributed by atoms with Crippen molar-refractivity contribution in [2.45, 2.75) is 32.7 Å². The maximum atomic E-state index is 13.1. The maximum Gasteiger partial charge on any atom is 0.308 e. The molecule has 6 heteroatoms. The van der Waals surface area contributed by atoms with E-state index in [9.17, 15) is 14.4 Å². The Morgan fingerprint density at radius 2 is 1.73 bits per heavy atom. The average molecular weight is 408 g/mol. The minimum absolute atomic E-state index is 0.141. The quantitative estimate of drug-likeness (QED) is 0.714. The predicted molar refractivity (Wildman–Crippen MR) is 115 cm³/mol. The normalized spacial score (nSPS) is 16.3. The third-order valence-electron chi connectivity index (χ3n) is 5.15. The fraction of sp³-hybridized carbons (Fsp3) is 0.375. The largest absolute Gasteiger partial charge is 0.466 e. The van der Waals surface area contributed by atoms with Gasteiger partial charge in [-0.25, -0.2) is 0 Å². The molecule has 30 heavy (non-hydrogen) atoms. The zero-order valence-electron chi connectivity index (χ0n) is 17.5. The van der Waals surface area contributed by atoms with E-state index in [0.29, 0.717) is 31.2 Å². The number of piperazine rings is 1. The fourth-order valence-electron chi connectivity index (χ4n) is 3.39. The van der Waals surface area contributed by atoms with E-state index in [-0.39, 0.29) is 18.2 Å². The summed E-state index contributed by atoms with van der Waals surface area (Å²) in [7, 11) is 0. The number of benzene rings is 2. The summed E-state index contributed by atoms with van der Waals surface area (Å²) in [5.41, 5.74) is 2.56. The fourth-order valence-corrected chi connectivity index (χ4v) is 3.39. The van der Waals surface area contributed by atoms with Crippen LogP contribution in [0.15, 0.2) is 54.6 Å². The van der Waals surface area contributed by atoms with Crippen molar-refractivity contribution in [2.75, 3.05) is 19.7 Å². The SMILES string of the molecule is CC(C)CCOC(=O)CC1C(=O)NCCN1C(=O)c1ccc(-c2ccccc2)cc1. The number of hydrogen-bond acceptors (Lipinski definition) is 4. The molecule has 0 radical (unpaired) electrons. The van der Waals surface area contributed by atoms with E-state index >= 15 is 0 Å². The summed E-state index contributed by atoms with van der Waals surface area (Å²) >= 11 is 0. The Hall–Kier alpha value is -3.15. The molecule has 1 unspecified atom stereocenters. The van der Waals surface area contributed by atoms with Crippen LogP contribution in [-0.4, -0.2) is 48.4 Å². The highest BCUT2D eigenvalue weighted by Gasteiger charge is 2.35. The molecule has 1 fully saturated rings. The lowest BCUT2D eigenvalue weighted by Gasteiger charge is -2.34. The maximum absolute atomic E-state index is 13.1. The smallest absolute Gasteiger partial charge is 0.308 e. The van der Waals surface area contributed by atoms with Crippen LogP contribution in [0.1, 0.15) is 37.0 Å². The monoisotopic (exact) mass is 408 g/mol. The molecule has 0 saturated carbocycles. The Morgan fingerprint density at radius 3 is 2.40 bits per heavy atom. The van der Waals surface area contributed by atoms with Gasteiger partial charge in [0.2, 0.25) is 5.91 Å². The molecule has 2 amide bonds. The predicted octanol–water partition coefficient (Wildman–Crippen LogP) is 3.27. The van der Waals surface area contributed by atoms with Gasteiger partial charge in [-0.3, -0.25) is 14.4 Å². The van der Waals surface area contributed by atoms with Crippen molar-refractivity contribution < 1.29 is 19.1 Å². The molecule has 6 nitrogen and oxygen atoms in total. The molecule has 0 bridgehead atoms. The van der Waals surface area contributed by atoms with Gasteiger partial charge in [-0.2, -0.15) is 0 Å². The van der Waals surface area contributed by atoms with Crippen molar-refractivity contribution in [3.63, 3.8) is 0 Å². The van der Waals surface area contributed by atoms with Gasteiger partial charge in [0.15, 0.2) is 0 Å². The summed E-state index contributed by atoms with van der Waals surface area (Å²) in [4.78, 5) is 39.1. The van der Waals surface area contributed by atoms with Crippen molar-refractivity contribution in [2.24, 2.45) is 5.92 Å². The van der Waals surface area contributed by atoms with Gasteiger partial charge in [0.1, 0.15) is 6.04 Å². The summed E-state index contributed by atoms with van der Waals surface area (Å²) in [5.74, 6) is -0.622. The van der Waals surface area contributed by atoms with Gasteiger partial charge in [-0.05, 0) is 35.6 Å². The van der Waals surface area contributed by atoms with Crippen LogP contribution in [0.5, 0.6) is 0 Å². The van der Waals surface area contributed by atoms with Gasteiger partial charge < -0.3 is 15.0 Å². The molecule has 0 spiro atoms. The number of rotatable bonds is 7. The van der Waals surface area contributed by atoms with Crippen LogP contribution in [0.3, 0.4) is 0 Å². The first-order chi connectivity index (χ1) is 14.5. The molecular formula is C24H28N2O4. The van der Waals surface area contributed by atoms with Gasteiger partial charge in [0, 0.05) is 18.7 Å². The number of nitrogens with zero attached hydrogens (tertiary/aromatic N) is 1. The topological polar surface area (TPSA) is 75.7 Å². The highest BCUT2D eigenvalue weighted by atomic mass is 16.5. The number of esters is 1. The molecule has 2 aromatic rings. The standard InChI is InChI=1S/C24H28N2O4/c1-17(2)12-15-30-22(27)16-21-23(28)25-13-14-26(21)24(29)20-10-8-19(9-11-20)18-6-4-3-5-7-18/h3-11,17,21H,12-16H2,1-2H3,(H,25,28). The van der Waals surface area contributed by atoms with Crippen LogP contribution in [0.25, 0.3) is 11.1 Å². The number of carbonyl (C=O) groups is 3. The molecule has 1 saturated heterocycles. The zero-order valence-corrected chi connectivity index (χ0v) is 17.5. The first kappa shape index (κ1) is 21.6. The van der Waals surface area contributed by atoms with Gasteiger partial charge in [0.25, 0.3) is 5.91 Å². The molecule has 3 rings (SSSR count). The van der Waals surface area contributed by atoms with Gasteiger partial charge in [-0.1, -0.05) is 56.3 Å². The summed E-state index contributed by atoms with van der Waals surface area (Å²) in [6, 6.07) is 16.3. The van der Waals surface area contributed by atoms with Crippen LogP contribution >= 0.6 is 0 Å². The average Bonchev–Trinajstić information content (AvgIpc) is 2.75. The molecule has 158 valence electrons. The molecule has 1 heterocycles. The van der Waals surface area contributed by atoms with E-state index in [4.69, 9.17) is 4.74 Å². The van der Waals surface area contributed by atoms with E-state index in [1.165, 1.54) is 4.90 Å². The second-order valence-corrected chi connectivity index (χ2v) is 7.86. The van der Waals surface area contributed by atoms with E-state index in [0.717, 1.165) is 17.5 Å². The Kier molecular flexibility index (Phi) is 7.22. The van der Waals surface area contributed by atoms with Crippen LogP contribution in [-0.2, 0) is 14.3 Å². The number of hydrogen-bond donors (Lipinski definition) is 1. The summed E-state index contributed by atoms with van der Waals surface area (Å²) in [6.45, 7) is 5.14. The number of amides is 2. The Morgan fingerprint density at radius 1 is 1.07 bits per heavy atom. The van der Waals surface area contributed by atoms with Crippen molar-refractivity contribution in [1.29, 1.82) is 0 Å². The number of carbonyl (C=O) groups excluding carboxylic acids is 3. The second-order valence-electron chi connectivity index (χ2n) is 7.86. The van der Waals surface area contributed by atoms with E-state index < -0.39 is 12.0 Å². The second kappa shape index (κ2) is 10.1. The van der Waals surface area contributed by atoms with Crippen molar-refractivity contribution in [3.8, 4) is 11.1 Å². The molecule has 1 aliphatic heterocycles. The molecular weight excluding hydrogens is 380 g/mol. The van der Waals surface area contributed by atoms with Crippen molar-refractivity contribution >= 4 is 17.8 Å². The lowest BCUT2D eigenvalue weighted by Crippen LogP contribution is -2.57. The highest BCUT2D eigenvalue weighted by molar-refractivity contribution is 5.99. The molecule has 0 aromatic heterocycles. The van der Waals surface area contributed by atoms with Gasteiger partial charge in [-0.15, -0.1) is 0 Å². The first-order valence-corrected chi connectivity index (χ1v) is 10.4. The van der Waals surface area contributed by atoms with E-state index in [1.54, 1.807) is 12.1 Å². The Labute approximate surface area is 177 Å². The molecule has 0 aliphatic carbocycles. The molecule has 1 N–H and O–H groups in total. The Balaban J connectivity index is 1.69. The third kappa shape index (κ3) is 5.47. The number of ether oxygens (including phenoxy) is 1. The number of nitrogens with one attached hydrogen (secondary N) is 1. The van der Waals surface area contributed by atoms with E-state index in [1.807, 2.05) is 56.3 Å². The summed E-state index contributed by atoms with van der Waals surface area (Å²) in [6.07, 6.45) is 0.622. The first-order valence-electron chi connectivity index (χ1n) is 10.4. The third-order valence-corrected chi connectivity index (χ3v) is 5.15. The van der Waals surface area contributed by atoms with Crippen LogP contribution in [0.2, 0.25) is 0 Å². The van der Waals surface area contributed by atoms with E-state index in [2.05, 4.69) is 5.32 Å². The van der Waals surface area contributed by atoms with Gasteiger partial charge in [0.05, 0.1) is 13.0 Å². The molecule has 1 aliphatic rings. The summed E-state index contributed by atoms with van der Waals surface area (Å²) in [5, 5.41) is 2.74. The van der Waals surface area contributed by atoms with Crippen molar-refractivity contribution in [3.05, 3.63) is 60.2 Å². The minimum atomic E-state index is -0.855. The van der Waals surface area contributed by atoms with Crippen LogP contribution < -0.4 is 5.32 Å². The minimum Gasteiger partial charge on any atom is -0.466 e. The summed E-state index contributed by atoms with van der Waals surface area (Å²) < 4.78 is 5.25. The molecule has 1 atom stereocenters. The Bertz CT molecular complexity index is 878. The molecule has 2 aromatic carbocycles. The zero-order chi connectivity index (χ0) is 21.5.